The number of nitrogens with zero attached hydrogens (tertiary/aromatic N) is 1. The number of benzene rings is 1. The van der Waals surface area contributed by atoms with Crippen LogP contribution in [0.2, 0.25) is 0 Å². The maximum atomic E-state index is 11.8. The molecule has 1 aromatic rings. The lowest BCUT2D eigenvalue weighted by Gasteiger charge is -2.19. The fraction of sp³-hybridized carbons (Fsp3) is 0.385. The standard InChI is InChI=1S/C13H15BrN2OS2/c1-13(18-6-7-19-13)8-12(17)16-15-9-10-2-4-11(14)5-3-10/h2-5,9H,6-8H2,1H3,(H,16,17). The van der Waals surface area contributed by atoms with Gasteiger partial charge in [-0.15, -0.1) is 23.5 Å². The van der Waals surface area contributed by atoms with Crippen molar-refractivity contribution in [3.8, 4) is 0 Å². The van der Waals surface area contributed by atoms with Crippen LogP contribution in [0.5, 0.6) is 0 Å². The second-order valence-corrected chi connectivity index (χ2v) is 8.72. The molecule has 0 atom stereocenters. The van der Waals surface area contributed by atoms with Crippen molar-refractivity contribution in [3.05, 3.63) is 34.3 Å². The molecule has 0 aromatic heterocycles. The van der Waals surface area contributed by atoms with Gasteiger partial charge in [0.1, 0.15) is 0 Å². The fourth-order valence-corrected chi connectivity index (χ4v) is 4.81. The molecule has 1 aliphatic rings. The monoisotopic (exact) mass is 358 g/mol. The van der Waals surface area contributed by atoms with Crippen LogP contribution in [0.3, 0.4) is 0 Å². The molecule has 1 aliphatic heterocycles. The highest BCUT2D eigenvalue weighted by atomic mass is 79.9. The topological polar surface area (TPSA) is 41.5 Å². The van der Waals surface area contributed by atoms with Crippen LogP contribution in [-0.2, 0) is 4.79 Å². The molecule has 0 saturated carbocycles. The van der Waals surface area contributed by atoms with Gasteiger partial charge in [0, 0.05) is 16.0 Å². The second-order valence-electron chi connectivity index (χ2n) is 4.35. The number of hydrogen-bond donors (Lipinski definition) is 1. The molecule has 3 nitrogen and oxygen atoms in total. The molecule has 1 heterocycles. The van der Waals surface area contributed by atoms with E-state index in [2.05, 4.69) is 33.4 Å². The van der Waals surface area contributed by atoms with Gasteiger partial charge in [-0.1, -0.05) is 28.1 Å². The SMILES string of the molecule is CC1(CC(=O)NN=Cc2ccc(Br)cc2)SCCS1. The van der Waals surface area contributed by atoms with E-state index in [1.54, 1.807) is 6.21 Å². The van der Waals surface area contributed by atoms with E-state index < -0.39 is 0 Å². The Balaban J connectivity index is 1.81. The Bertz CT molecular complexity index is 470. The first-order chi connectivity index (χ1) is 9.07. The molecule has 1 amide bonds. The number of thioether (sulfide) groups is 2. The van der Waals surface area contributed by atoms with Crippen LogP contribution in [-0.4, -0.2) is 27.7 Å². The first-order valence-corrected chi connectivity index (χ1v) is 8.69. The van der Waals surface area contributed by atoms with Crippen molar-refractivity contribution in [2.24, 2.45) is 5.10 Å². The zero-order valence-electron chi connectivity index (χ0n) is 10.6. The van der Waals surface area contributed by atoms with E-state index in [9.17, 15) is 4.79 Å². The molecule has 0 bridgehead atoms. The number of hydrogen-bond acceptors (Lipinski definition) is 4. The minimum absolute atomic E-state index is 0.0111. The summed E-state index contributed by atoms with van der Waals surface area (Å²) in [6, 6.07) is 7.75. The number of halogens is 1. The smallest absolute Gasteiger partial charge is 0.242 e. The van der Waals surface area contributed by atoms with Crippen molar-refractivity contribution in [1.29, 1.82) is 0 Å². The number of nitrogens with one attached hydrogen (secondary N) is 1. The summed E-state index contributed by atoms with van der Waals surface area (Å²) in [4.78, 5) is 11.8. The molecule has 0 radical (unpaired) electrons. The van der Waals surface area contributed by atoms with Crippen molar-refractivity contribution in [2.75, 3.05) is 11.5 Å². The van der Waals surface area contributed by atoms with Gasteiger partial charge in [0.05, 0.1) is 16.7 Å². The van der Waals surface area contributed by atoms with Crippen LogP contribution in [0.25, 0.3) is 0 Å². The van der Waals surface area contributed by atoms with Crippen molar-refractivity contribution < 1.29 is 4.79 Å². The molecule has 19 heavy (non-hydrogen) atoms. The van der Waals surface area contributed by atoms with Crippen molar-refractivity contribution in [3.63, 3.8) is 0 Å². The first kappa shape index (κ1) is 14.9. The van der Waals surface area contributed by atoms with Crippen LogP contribution in [0.1, 0.15) is 18.9 Å². The summed E-state index contributed by atoms with van der Waals surface area (Å²) in [5, 5.41) is 3.99. The predicted octanol–water partition coefficient (Wildman–Crippen LogP) is 3.49. The average Bonchev–Trinajstić information content (AvgIpc) is 2.78. The maximum Gasteiger partial charge on any atom is 0.242 e. The number of rotatable bonds is 4. The molecule has 1 fully saturated rings. The lowest BCUT2D eigenvalue weighted by Crippen LogP contribution is -2.26. The molecule has 1 N–H and O–H groups in total. The summed E-state index contributed by atoms with van der Waals surface area (Å²) < 4.78 is 1.04. The van der Waals surface area contributed by atoms with Crippen LogP contribution in [0, 0.1) is 0 Å². The first-order valence-electron chi connectivity index (χ1n) is 5.93. The number of hydrazone groups is 1. The minimum atomic E-state index is -0.0299. The lowest BCUT2D eigenvalue weighted by molar-refractivity contribution is -0.121. The van der Waals surface area contributed by atoms with Gasteiger partial charge in [0.15, 0.2) is 0 Å². The third kappa shape index (κ3) is 4.85. The van der Waals surface area contributed by atoms with Gasteiger partial charge in [-0.2, -0.15) is 5.10 Å². The normalized spacial score (nSPS) is 17.8. The number of carbonyl (C=O) groups is 1. The van der Waals surface area contributed by atoms with Crippen molar-refractivity contribution in [2.45, 2.75) is 17.4 Å². The van der Waals surface area contributed by atoms with E-state index in [4.69, 9.17) is 0 Å². The summed E-state index contributed by atoms with van der Waals surface area (Å²) in [6.07, 6.45) is 2.15. The third-order valence-electron chi connectivity index (χ3n) is 2.65. The molecule has 102 valence electrons. The van der Waals surface area contributed by atoms with Gasteiger partial charge in [0.25, 0.3) is 0 Å². The van der Waals surface area contributed by atoms with Crippen LogP contribution in [0.4, 0.5) is 0 Å². The zero-order chi connectivity index (χ0) is 13.7. The minimum Gasteiger partial charge on any atom is -0.273 e. The molecular weight excluding hydrogens is 344 g/mol. The molecule has 0 spiro atoms. The lowest BCUT2D eigenvalue weighted by atomic mass is 10.2. The predicted molar refractivity (Wildman–Crippen MR) is 87.8 cm³/mol. The Labute approximate surface area is 130 Å². The van der Waals surface area contributed by atoms with Crippen molar-refractivity contribution >= 4 is 51.6 Å². The van der Waals surface area contributed by atoms with Gasteiger partial charge in [-0.25, -0.2) is 5.43 Å². The Morgan fingerprint density at radius 2 is 2.05 bits per heavy atom. The van der Waals surface area contributed by atoms with Gasteiger partial charge in [-0.05, 0) is 24.6 Å². The van der Waals surface area contributed by atoms with Crippen LogP contribution < -0.4 is 5.43 Å². The highest BCUT2D eigenvalue weighted by Crippen LogP contribution is 2.45. The quantitative estimate of drug-likeness (QED) is 0.661. The molecule has 0 aliphatic carbocycles. The van der Waals surface area contributed by atoms with E-state index in [1.165, 1.54) is 0 Å². The fourth-order valence-electron chi connectivity index (χ4n) is 1.72. The molecule has 1 saturated heterocycles. The van der Waals surface area contributed by atoms with Gasteiger partial charge >= 0.3 is 0 Å². The van der Waals surface area contributed by atoms with E-state index in [0.29, 0.717) is 6.42 Å². The Hall–Kier alpha value is -0.460. The second kappa shape index (κ2) is 6.81. The highest BCUT2D eigenvalue weighted by molar-refractivity contribution is 9.10. The largest absolute Gasteiger partial charge is 0.273 e. The third-order valence-corrected chi connectivity index (χ3v) is 6.47. The maximum absolute atomic E-state index is 11.8. The van der Waals surface area contributed by atoms with E-state index in [-0.39, 0.29) is 9.99 Å². The molecule has 6 heteroatoms. The van der Waals surface area contributed by atoms with Crippen LogP contribution >= 0.6 is 39.5 Å². The molecular formula is C13H15BrN2OS2. The van der Waals surface area contributed by atoms with Gasteiger partial charge in [0.2, 0.25) is 5.91 Å². The average molecular weight is 359 g/mol. The van der Waals surface area contributed by atoms with Gasteiger partial charge in [-0.3, -0.25) is 4.79 Å². The van der Waals surface area contributed by atoms with E-state index in [1.807, 2.05) is 47.8 Å². The summed E-state index contributed by atoms with van der Waals surface area (Å²) in [5.41, 5.74) is 3.55. The summed E-state index contributed by atoms with van der Waals surface area (Å²) in [5.74, 6) is 2.21. The number of amides is 1. The summed E-state index contributed by atoms with van der Waals surface area (Å²) in [7, 11) is 0. The number of carbonyl (C=O) groups excluding carboxylic acids is 1. The molecule has 1 aromatic carbocycles. The Morgan fingerprint density at radius 3 is 2.68 bits per heavy atom. The Kier molecular flexibility index (Phi) is 5.36. The summed E-state index contributed by atoms with van der Waals surface area (Å²) >= 11 is 7.07. The van der Waals surface area contributed by atoms with Crippen molar-refractivity contribution in [1.82, 2.24) is 5.43 Å². The van der Waals surface area contributed by atoms with Crippen LogP contribution in [0.15, 0.2) is 33.8 Å². The summed E-state index contributed by atoms with van der Waals surface area (Å²) in [6.45, 7) is 2.12. The van der Waals surface area contributed by atoms with E-state index >= 15 is 0 Å². The highest BCUT2D eigenvalue weighted by Gasteiger charge is 2.32. The van der Waals surface area contributed by atoms with Gasteiger partial charge < -0.3 is 0 Å². The molecule has 0 unspecified atom stereocenters. The Morgan fingerprint density at radius 1 is 1.42 bits per heavy atom. The van der Waals surface area contributed by atoms with E-state index in [0.717, 1.165) is 21.5 Å². The zero-order valence-corrected chi connectivity index (χ0v) is 13.8. The molecule has 2 rings (SSSR count).